The van der Waals surface area contributed by atoms with Crippen molar-refractivity contribution in [2.75, 3.05) is 0 Å². The highest BCUT2D eigenvalue weighted by molar-refractivity contribution is 5.22. The van der Waals surface area contributed by atoms with E-state index in [0.29, 0.717) is 5.92 Å². The molecule has 0 fully saturated rings. The summed E-state index contributed by atoms with van der Waals surface area (Å²) in [4.78, 5) is 4.41. The van der Waals surface area contributed by atoms with Gasteiger partial charge >= 0.3 is 0 Å². The monoisotopic (exact) mass is 206 g/mol. The molecule has 0 saturated heterocycles. The van der Waals surface area contributed by atoms with Gasteiger partial charge in [0.2, 0.25) is 0 Å². The number of hydrogen-bond donors (Lipinski definition) is 1. The molecule has 0 aliphatic carbocycles. The zero-order valence-corrected chi connectivity index (χ0v) is 10.0. The Balaban J connectivity index is 2.76. The minimum atomic E-state index is 0.0936. The molecule has 0 saturated carbocycles. The molecule has 1 heterocycles. The van der Waals surface area contributed by atoms with Gasteiger partial charge in [0.05, 0.1) is 5.69 Å². The van der Waals surface area contributed by atoms with Crippen LogP contribution in [0, 0.1) is 5.92 Å². The molecule has 0 spiro atoms. The van der Waals surface area contributed by atoms with Gasteiger partial charge in [-0.25, -0.2) is 0 Å². The summed E-state index contributed by atoms with van der Waals surface area (Å²) in [7, 11) is 0. The number of nitrogens with zero attached hydrogens (tertiary/aromatic N) is 1. The third-order valence-corrected chi connectivity index (χ3v) is 3.01. The lowest BCUT2D eigenvalue weighted by atomic mass is 9.95. The third-order valence-electron chi connectivity index (χ3n) is 3.01. The molecule has 0 aliphatic heterocycles. The first-order chi connectivity index (χ1) is 7.19. The maximum absolute atomic E-state index is 6.19. The highest BCUT2D eigenvalue weighted by Gasteiger charge is 2.13. The Bertz CT molecular complexity index is 296. The van der Waals surface area contributed by atoms with E-state index in [0.717, 1.165) is 18.5 Å². The summed E-state index contributed by atoms with van der Waals surface area (Å²) in [6, 6.07) is 4.20. The zero-order chi connectivity index (χ0) is 11.3. The molecule has 0 aromatic carbocycles. The van der Waals surface area contributed by atoms with E-state index in [4.69, 9.17) is 5.73 Å². The number of rotatable bonds is 5. The Morgan fingerprint density at radius 2 is 2.13 bits per heavy atom. The van der Waals surface area contributed by atoms with E-state index in [2.05, 4.69) is 31.8 Å². The van der Waals surface area contributed by atoms with Gasteiger partial charge in [-0.1, -0.05) is 33.3 Å². The second-order valence-electron chi connectivity index (χ2n) is 4.26. The molecule has 1 aromatic rings. The van der Waals surface area contributed by atoms with Crippen LogP contribution < -0.4 is 5.73 Å². The molecular weight excluding hydrogens is 184 g/mol. The number of pyridine rings is 1. The van der Waals surface area contributed by atoms with Crippen LogP contribution in [0.1, 0.15) is 50.9 Å². The Labute approximate surface area is 92.9 Å². The van der Waals surface area contributed by atoms with E-state index in [9.17, 15) is 0 Å². The quantitative estimate of drug-likeness (QED) is 0.804. The standard InChI is InChI=1S/C13H22N2/c1-4-10(3)9-12(14)13-11(5-2)7-6-8-15-13/h6-8,10,12H,4-5,9,14H2,1-3H3. The number of aryl methyl sites for hydroxylation is 1. The van der Waals surface area contributed by atoms with Gasteiger partial charge in [-0.3, -0.25) is 4.98 Å². The molecule has 0 radical (unpaired) electrons. The fourth-order valence-electron chi connectivity index (χ4n) is 1.80. The number of aromatic nitrogens is 1. The normalized spacial score (nSPS) is 14.9. The Morgan fingerprint density at radius 1 is 1.40 bits per heavy atom. The van der Waals surface area contributed by atoms with Gasteiger partial charge in [-0.05, 0) is 30.4 Å². The minimum absolute atomic E-state index is 0.0936. The molecule has 1 rings (SSSR count). The van der Waals surface area contributed by atoms with E-state index in [1.165, 1.54) is 12.0 Å². The van der Waals surface area contributed by atoms with Crippen molar-refractivity contribution in [3.05, 3.63) is 29.6 Å². The van der Waals surface area contributed by atoms with Gasteiger partial charge in [-0.15, -0.1) is 0 Å². The first kappa shape index (κ1) is 12.2. The maximum atomic E-state index is 6.19. The molecule has 0 bridgehead atoms. The highest BCUT2D eigenvalue weighted by atomic mass is 14.8. The summed E-state index contributed by atoms with van der Waals surface area (Å²) >= 11 is 0. The summed E-state index contributed by atoms with van der Waals surface area (Å²) in [5.74, 6) is 0.673. The number of hydrogen-bond acceptors (Lipinski definition) is 2. The molecule has 0 aliphatic rings. The van der Waals surface area contributed by atoms with Gasteiger partial charge in [0.15, 0.2) is 0 Å². The average Bonchev–Trinajstić information content (AvgIpc) is 2.28. The fourth-order valence-corrected chi connectivity index (χ4v) is 1.80. The van der Waals surface area contributed by atoms with Crippen LogP contribution >= 0.6 is 0 Å². The first-order valence-corrected chi connectivity index (χ1v) is 5.88. The van der Waals surface area contributed by atoms with Crippen LogP contribution in [0.25, 0.3) is 0 Å². The lowest BCUT2D eigenvalue weighted by molar-refractivity contribution is 0.454. The highest BCUT2D eigenvalue weighted by Crippen LogP contribution is 2.21. The van der Waals surface area contributed by atoms with Crippen LogP contribution in [0.3, 0.4) is 0 Å². The molecule has 2 atom stereocenters. The summed E-state index contributed by atoms with van der Waals surface area (Å²) in [5, 5.41) is 0. The van der Waals surface area contributed by atoms with E-state index < -0.39 is 0 Å². The van der Waals surface area contributed by atoms with Crippen molar-refractivity contribution in [3.8, 4) is 0 Å². The lowest BCUT2D eigenvalue weighted by Crippen LogP contribution is -2.17. The molecule has 2 heteroatoms. The van der Waals surface area contributed by atoms with E-state index in [1.807, 2.05) is 12.3 Å². The van der Waals surface area contributed by atoms with E-state index in [1.54, 1.807) is 0 Å². The van der Waals surface area contributed by atoms with Crippen LogP contribution in [0.5, 0.6) is 0 Å². The summed E-state index contributed by atoms with van der Waals surface area (Å²) < 4.78 is 0. The Kier molecular flexibility index (Phi) is 4.76. The molecule has 2 unspecified atom stereocenters. The molecule has 84 valence electrons. The molecular formula is C13H22N2. The van der Waals surface area contributed by atoms with Crippen molar-refractivity contribution in [2.24, 2.45) is 11.7 Å². The van der Waals surface area contributed by atoms with Crippen molar-refractivity contribution in [1.82, 2.24) is 4.98 Å². The molecule has 2 nitrogen and oxygen atoms in total. The lowest BCUT2D eigenvalue weighted by Gasteiger charge is -2.17. The van der Waals surface area contributed by atoms with Crippen LogP contribution in [-0.4, -0.2) is 4.98 Å². The van der Waals surface area contributed by atoms with E-state index in [-0.39, 0.29) is 6.04 Å². The van der Waals surface area contributed by atoms with Crippen molar-refractivity contribution >= 4 is 0 Å². The van der Waals surface area contributed by atoms with Crippen LogP contribution in [0.2, 0.25) is 0 Å². The van der Waals surface area contributed by atoms with Gasteiger partial charge in [0.25, 0.3) is 0 Å². The van der Waals surface area contributed by atoms with Crippen molar-refractivity contribution in [3.63, 3.8) is 0 Å². The maximum Gasteiger partial charge on any atom is 0.0602 e. The van der Waals surface area contributed by atoms with Crippen LogP contribution in [0.4, 0.5) is 0 Å². The first-order valence-electron chi connectivity index (χ1n) is 5.88. The largest absolute Gasteiger partial charge is 0.323 e. The smallest absolute Gasteiger partial charge is 0.0602 e. The van der Waals surface area contributed by atoms with Gasteiger partial charge in [0.1, 0.15) is 0 Å². The summed E-state index contributed by atoms with van der Waals surface area (Å²) in [6.07, 6.45) is 5.06. The van der Waals surface area contributed by atoms with Gasteiger partial charge in [0, 0.05) is 12.2 Å². The predicted octanol–water partition coefficient (Wildman–Crippen LogP) is 3.08. The molecule has 1 aromatic heterocycles. The van der Waals surface area contributed by atoms with Gasteiger partial charge in [-0.2, -0.15) is 0 Å². The Hall–Kier alpha value is -0.890. The molecule has 0 amide bonds. The zero-order valence-electron chi connectivity index (χ0n) is 10.0. The molecule has 2 N–H and O–H groups in total. The van der Waals surface area contributed by atoms with Crippen LogP contribution in [0.15, 0.2) is 18.3 Å². The topological polar surface area (TPSA) is 38.9 Å². The van der Waals surface area contributed by atoms with Gasteiger partial charge < -0.3 is 5.73 Å². The minimum Gasteiger partial charge on any atom is -0.323 e. The Morgan fingerprint density at radius 3 is 2.73 bits per heavy atom. The van der Waals surface area contributed by atoms with E-state index >= 15 is 0 Å². The predicted molar refractivity (Wildman–Crippen MR) is 64.6 cm³/mol. The third kappa shape index (κ3) is 3.31. The number of nitrogens with two attached hydrogens (primary N) is 1. The summed E-state index contributed by atoms with van der Waals surface area (Å²) in [6.45, 7) is 6.60. The molecule has 15 heavy (non-hydrogen) atoms. The second-order valence-corrected chi connectivity index (χ2v) is 4.26. The second kappa shape index (κ2) is 5.86. The van der Waals surface area contributed by atoms with Crippen molar-refractivity contribution < 1.29 is 0 Å². The fraction of sp³-hybridized carbons (Fsp3) is 0.615. The SMILES string of the molecule is CCc1cccnc1C(N)CC(C)CC. The van der Waals surface area contributed by atoms with Crippen molar-refractivity contribution in [1.29, 1.82) is 0 Å². The summed E-state index contributed by atoms with van der Waals surface area (Å²) in [5.41, 5.74) is 8.55. The van der Waals surface area contributed by atoms with Crippen molar-refractivity contribution in [2.45, 2.75) is 46.1 Å². The van der Waals surface area contributed by atoms with Crippen LogP contribution in [-0.2, 0) is 6.42 Å². The average molecular weight is 206 g/mol.